The highest BCUT2D eigenvalue weighted by molar-refractivity contribution is 5.79. The number of carbonyl (C=O) groups excluding carboxylic acids is 1. The maximum atomic E-state index is 12.1. The molecule has 29 heavy (non-hydrogen) atoms. The molecule has 0 aromatic rings. The van der Waals surface area contributed by atoms with Crippen LogP contribution in [0.3, 0.4) is 0 Å². The van der Waals surface area contributed by atoms with Crippen LogP contribution in [-0.4, -0.2) is 96.5 Å². The molecule has 0 unspecified atom stereocenters. The normalized spacial score (nSPS) is 18.7. The zero-order valence-corrected chi connectivity index (χ0v) is 15.5. The minimum atomic E-state index is -5.08. The summed E-state index contributed by atoms with van der Waals surface area (Å²) in [5, 5.41) is 17.6. The van der Waals surface area contributed by atoms with E-state index in [2.05, 4.69) is 22.2 Å². The van der Waals surface area contributed by atoms with Crippen molar-refractivity contribution in [1.29, 1.82) is 0 Å². The number of piperidine rings is 1. The summed E-state index contributed by atoms with van der Waals surface area (Å²) in [5.41, 5.74) is 0. The first-order valence-electron chi connectivity index (χ1n) is 8.44. The summed E-state index contributed by atoms with van der Waals surface area (Å²) in [7, 11) is 2.12. The average molecular weight is 439 g/mol. The van der Waals surface area contributed by atoms with E-state index in [1.54, 1.807) is 0 Å². The highest BCUT2D eigenvalue weighted by Gasteiger charge is 2.38. The quantitative estimate of drug-likeness (QED) is 0.524. The molecule has 0 atom stereocenters. The van der Waals surface area contributed by atoms with Crippen molar-refractivity contribution >= 4 is 17.8 Å². The van der Waals surface area contributed by atoms with Crippen LogP contribution in [0.2, 0.25) is 0 Å². The maximum Gasteiger partial charge on any atom is 0.490 e. The Morgan fingerprint density at radius 3 is 1.48 bits per heavy atom. The van der Waals surface area contributed by atoms with E-state index < -0.39 is 24.3 Å². The molecule has 2 saturated heterocycles. The summed E-state index contributed by atoms with van der Waals surface area (Å²) in [6.45, 7) is 5.89. The Morgan fingerprint density at radius 1 is 0.828 bits per heavy atom. The van der Waals surface area contributed by atoms with Gasteiger partial charge in [-0.25, -0.2) is 9.59 Å². The average Bonchev–Trinajstić information content (AvgIpc) is 2.62. The molecular weight excluding hydrogens is 416 g/mol. The molecule has 3 N–H and O–H groups in total. The van der Waals surface area contributed by atoms with E-state index in [0.29, 0.717) is 5.91 Å². The highest BCUT2D eigenvalue weighted by Crippen LogP contribution is 2.16. The van der Waals surface area contributed by atoms with Gasteiger partial charge in [-0.1, -0.05) is 0 Å². The van der Waals surface area contributed by atoms with Gasteiger partial charge in [0.25, 0.3) is 0 Å². The van der Waals surface area contributed by atoms with Crippen LogP contribution in [0.1, 0.15) is 12.8 Å². The van der Waals surface area contributed by atoms with Gasteiger partial charge in [-0.05, 0) is 33.0 Å². The van der Waals surface area contributed by atoms with Crippen LogP contribution in [0.25, 0.3) is 0 Å². The van der Waals surface area contributed by atoms with Gasteiger partial charge in [0.15, 0.2) is 0 Å². The van der Waals surface area contributed by atoms with Crippen LogP contribution in [-0.2, 0) is 14.4 Å². The second-order valence-corrected chi connectivity index (χ2v) is 6.26. The van der Waals surface area contributed by atoms with Gasteiger partial charge in [0.05, 0.1) is 0 Å². The third kappa shape index (κ3) is 11.5. The smallest absolute Gasteiger partial charge is 0.475 e. The van der Waals surface area contributed by atoms with Gasteiger partial charge in [0.1, 0.15) is 0 Å². The molecule has 0 saturated carbocycles. The molecule has 2 heterocycles. The summed E-state index contributed by atoms with van der Waals surface area (Å²) in [6, 6.07) is 0. The predicted octanol–water partition coefficient (Wildman–Crippen LogP) is 1.03. The van der Waals surface area contributed by atoms with Crippen LogP contribution < -0.4 is 5.32 Å². The van der Waals surface area contributed by atoms with Crippen LogP contribution in [0.5, 0.6) is 0 Å². The number of nitrogens with one attached hydrogen (secondary N) is 1. The third-order valence-electron chi connectivity index (χ3n) is 3.99. The van der Waals surface area contributed by atoms with Crippen LogP contribution in [0, 0.1) is 5.92 Å². The fraction of sp³-hybridized carbons (Fsp3) is 0.800. The van der Waals surface area contributed by atoms with Crippen molar-refractivity contribution in [3.63, 3.8) is 0 Å². The number of hydrogen-bond donors (Lipinski definition) is 3. The molecule has 0 aromatic heterocycles. The Labute approximate surface area is 162 Å². The van der Waals surface area contributed by atoms with Gasteiger partial charge in [-0.15, -0.1) is 0 Å². The van der Waals surface area contributed by atoms with Crippen molar-refractivity contribution in [3.8, 4) is 0 Å². The lowest BCUT2D eigenvalue weighted by molar-refractivity contribution is -0.193. The molecule has 0 aromatic carbocycles. The maximum absolute atomic E-state index is 12.1. The van der Waals surface area contributed by atoms with Gasteiger partial charge < -0.3 is 25.3 Å². The number of hydrogen-bond acceptors (Lipinski definition) is 5. The first-order valence-corrected chi connectivity index (χ1v) is 8.44. The Hall–Kier alpha value is -2.09. The van der Waals surface area contributed by atoms with Crippen molar-refractivity contribution in [2.45, 2.75) is 25.2 Å². The number of alkyl halides is 6. The van der Waals surface area contributed by atoms with E-state index in [4.69, 9.17) is 19.8 Å². The van der Waals surface area contributed by atoms with E-state index >= 15 is 0 Å². The number of piperazine rings is 1. The van der Waals surface area contributed by atoms with Crippen molar-refractivity contribution in [3.05, 3.63) is 0 Å². The van der Waals surface area contributed by atoms with E-state index in [0.717, 1.165) is 52.1 Å². The van der Waals surface area contributed by atoms with Gasteiger partial charge in [0.2, 0.25) is 5.91 Å². The largest absolute Gasteiger partial charge is 0.490 e. The Bertz CT molecular complexity index is 518. The number of carboxylic acids is 2. The molecule has 170 valence electrons. The molecule has 0 bridgehead atoms. The number of nitrogens with zero attached hydrogens (tertiary/aromatic N) is 2. The van der Waals surface area contributed by atoms with Gasteiger partial charge in [-0.2, -0.15) is 26.3 Å². The molecule has 8 nitrogen and oxygen atoms in total. The first-order chi connectivity index (χ1) is 13.2. The number of amides is 1. The van der Waals surface area contributed by atoms with Gasteiger partial charge in [0, 0.05) is 32.1 Å². The number of aliphatic carboxylic acids is 2. The van der Waals surface area contributed by atoms with Crippen molar-refractivity contribution in [2.24, 2.45) is 5.92 Å². The zero-order valence-electron chi connectivity index (χ0n) is 15.5. The second kappa shape index (κ2) is 11.8. The zero-order chi connectivity index (χ0) is 22.8. The van der Waals surface area contributed by atoms with Crippen LogP contribution >= 0.6 is 0 Å². The standard InChI is InChI=1S/C11H21N3O.2C2HF3O2/c1-13-6-8-14(9-7-13)11(15)10-2-4-12-5-3-10;2*3-2(4,5)1(6)7/h10,12H,2-9H2,1H3;2*(H,6,7). The fourth-order valence-corrected chi connectivity index (χ4v) is 2.35. The first kappa shape index (κ1) is 26.9. The second-order valence-electron chi connectivity index (χ2n) is 6.26. The van der Waals surface area contributed by atoms with Crippen molar-refractivity contribution in [2.75, 3.05) is 46.3 Å². The number of rotatable bonds is 1. The number of likely N-dealkylation sites (N-methyl/N-ethyl adjacent to an activating group) is 1. The Morgan fingerprint density at radius 2 is 1.17 bits per heavy atom. The van der Waals surface area contributed by atoms with E-state index in [-0.39, 0.29) is 5.92 Å². The minimum absolute atomic E-state index is 0.287. The lowest BCUT2D eigenvalue weighted by Gasteiger charge is -2.35. The summed E-state index contributed by atoms with van der Waals surface area (Å²) >= 11 is 0. The monoisotopic (exact) mass is 439 g/mol. The molecular formula is C15H23F6N3O5. The molecule has 14 heteroatoms. The molecule has 2 fully saturated rings. The summed E-state index contributed by atoms with van der Waals surface area (Å²) in [5.74, 6) is -4.83. The molecule has 1 amide bonds. The van der Waals surface area contributed by atoms with Crippen molar-refractivity contribution in [1.82, 2.24) is 15.1 Å². The SMILES string of the molecule is CN1CCN(C(=O)C2CCNCC2)CC1.O=C(O)C(F)(F)F.O=C(O)C(F)(F)F. The predicted molar refractivity (Wildman–Crippen MR) is 87.1 cm³/mol. The minimum Gasteiger partial charge on any atom is -0.475 e. The lowest BCUT2D eigenvalue weighted by atomic mass is 9.96. The molecule has 0 aliphatic carbocycles. The topological polar surface area (TPSA) is 110 Å². The number of carbonyl (C=O) groups is 3. The molecule has 2 aliphatic heterocycles. The summed E-state index contributed by atoms with van der Waals surface area (Å²) < 4.78 is 63.5. The number of halogens is 6. The molecule has 0 spiro atoms. The summed E-state index contributed by atoms with van der Waals surface area (Å²) in [4.78, 5) is 34.3. The van der Waals surface area contributed by atoms with Crippen molar-refractivity contribution < 1.29 is 50.9 Å². The molecule has 0 radical (unpaired) electrons. The summed E-state index contributed by atoms with van der Waals surface area (Å²) in [6.07, 6.45) is -8.13. The van der Waals surface area contributed by atoms with E-state index in [9.17, 15) is 31.1 Å². The molecule has 2 rings (SSSR count). The Balaban J connectivity index is 0.000000473. The Kier molecular flexibility index (Phi) is 11.0. The van der Waals surface area contributed by atoms with E-state index in [1.807, 2.05) is 0 Å². The lowest BCUT2D eigenvalue weighted by Crippen LogP contribution is -2.50. The van der Waals surface area contributed by atoms with Gasteiger partial charge in [-0.3, -0.25) is 4.79 Å². The van der Waals surface area contributed by atoms with Crippen LogP contribution in [0.4, 0.5) is 26.3 Å². The van der Waals surface area contributed by atoms with Gasteiger partial charge >= 0.3 is 24.3 Å². The van der Waals surface area contributed by atoms with E-state index in [1.165, 1.54) is 0 Å². The highest BCUT2D eigenvalue weighted by atomic mass is 19.4. The van der Waals surface area contributed by atoms with Crippen LogP contribution in [0.15, 0.2) is 0 Å². The molecule has 2 aliphatic rings. The third-order valence-corrected chi connectivity index (χ3v) is 3.99. The fourth-order valence-electron chi connectivity index (χ4n) is 2.35. The number of carboxylic acid groups (broad SMARTS) is 2.